The van der Waals surface area contributed by atoms with Gasteiger partial charge in [-0.15, -0.1) is 0 Å². The lowest BCUT2D eigenvalue weighted by molar-refractivity contribution is 0.357. The van der Waals surface area contributed by atoms with Crippen LogP contribution in [0.25, 0.3) is 0 Å². The highest BCUT2D eigenvalue weighted by Crippen LogP contribution is 2.18. The van der Waals surface area contributed by atoms with Crippen molar-refractivity contribution in [3.8, 4) is 0 Å². The zero-order valence-electron chi connectivity index (χ0n) is 13.9. The minimum atomic E-state index is 0.0842. The number of rotatable bonds is 5. The minimum Gasteiger partial charge on any atom is -0.317 e. The first kappa shape index (κ1) is 15.7. The van der Waals surface area contributed by atoms with Gasteiger partial charge >= 0.3 is 5.69 Å². The molecular weight excluding hydrogens is 278 g/mol. The maximum Gasteiger partial charge on any atom is 0.345 e. The Labute approximate surface area is 132 Å². The van der Waals surface area contributed by atoms with Crippen molar-refractivity contribution in [1.82, 2.24) is 24.6 Å². The second-order valence-electron chi connectivity index (χ2n) is 6.94. The van der Waals surface area contributed by atoms with E-state index in [9.17, 15) is 4.79 Å². The second kappa shape index (κ2) is 6.96. The van der Waals surface area contributed by atoms with Crippen molar-refractivity contribution in [2.24, 2.45) is 11.8 Å². The summed E-state index contributed by atoms with van der Waals surface area (Å²) in [4.78, 5) is 14.9. The van der Waals surface area contributed by atoms with Crippen molar-refractivity contribution >= 4 is 0 Å². The molecule has 0 bridgehead atoms. The van der Waals surface area contributed by atoms with Gasteiger partial charge < -0.3 is 10.2 Å². The number of nitrogens with zero attached hydrogens (tertiary/aromatic N) is 4. The van der Waals surface area contributed by atoms with E-state index in [1.54, 1.807) is 4.68 Å². The molecular formula is C16H29N5O. The molecule has 3 heterocycles. The molecule has 0 radical (unpaired) electrons. The standard InChI is InChI=1S/C16H29N5O/c1-3-20-15(10-13-4-7-17-8-5-13)18-21(16(20)22)12-14-6-9-19(2)11-14/h13-14,17H,3-12H2,1-2H3. The van der Waals surface area contributed by atoms with E-state index in [2.05, 4.69) is 17.3 Å². The first-order valence-corrected chi connectivity index (χ1v) is 8.73. The smallest absolute Gasteiger partial charge is 0.317 e. The molecule has 3 rings (SSSR count). The summed E-state index contributed by atoms with van der Waals surface area (Å²) < 4.78 is 3.60. The molecule has 6 heteroatoms. The highest BCUT2D eigenvalue weighted by molar-refractivity contribution is 4.92. The van der Waals surface area contributed by atoms with Gasteiger partial charge in [0.25, 0.3) is 0 Å². The first-order chi connectivity index (χ1) is 10.7. The Morgan fingerprint density at radius 3 is 2.64 bits per heavy atom. The maximum absolute atomic E-state index is 12.6. The van der Waals surface area contributed by atoms with Gasteiger partial charge in [0.1, 0.15) is 5.82 Å². The number of likely N-dealkylation sites (tertiary alicyclic amines) is 1. The molecule has 2 saturated heterocycles. The Balaban J connectivity index is 1.72. The quantitative estimate of drug-likeness (QED) is 0.863. The summed E-state index contributed by atoms with van der Waals surface area (Å²) in [5, 5.41) is 8.09. The van der Waals surface area contributed by atoms with Crippen LogP contribution in [0.2, 0.25) is 0 Å². The van der Waals surface area contributed by atoms with Crippen molar-refractivity contribution in [3.05, 3.63) is 16.3 Å². The Morgan fingerprint density at radius 1 is 1.23 bits per heavy atom. The fraction of sp³-hybridized carbons (Fsp3) is 0.875. The summed E-state index contributed by atoms with van der Waals surface area (Å²) in [6.07, 6.45) is 4.50. The minimum absolute atomic E-state index is 0.0842. The summed E-state index contributed by atoms with van der Waals surface area (Å²) in [7, 11) is 2.15. The fourth-order valence-corrected chi connectivity index (χ4v) is 3.84. The number of aromatic nitrogens is 3. The molecule has 0 aliphatic carbocycles. The van der Waals surface area contributed by atoms with E-state index in [0.717, 1.165) is 51.5 Å². The maximum atomic E-state index is 12.6. The van der Waals surface area contributed by atoms with Crippen LogP contribution in [0.1, 0.15) is 32.0 Å². The van der Waals surface area contributed by atoms with Crippen molar-refractivity contribution in [3.63, 3.8) is 0 Å². The van der Waals surface area contributed by atoms with Crippen LogP contribution in [0.4, 0.5) is 0 Å². The molecule has 1 aromatic rings. The summed E-state index contributed by atoms with van der Waals surface area (Å²) in [5.41, 5.74) is 0.0842. The molecule has 0 aromatic carbocycles. The van der Waals surface area contributed by atoms with E-state index < -0.39 is 0 Å². The number of nitrogens with one attached hydrogen (secondary N) is 1. The second-order valence-corrected chi connectivity index (χ2v) is 6.94. The van der Waals surface area contributed by atoms with Gasteiger partial charge in [0, 0.05) is 19.5 Å². The van der Waals surface area contributed by atoms with Crippen LogP contribution < -0.4 is 11.0 Å². The van der Waals surface area contributed by atoms with Crippen molar-refractivity contribution in [2.45, 2.75) is 45.7 Å². The van der Waals surface area contributed by atoms with Gasteiger partial charge in [0.15, 0.2) is 0 Å². The summed E-state index contributed by atoms with van der Waals surface area (Å²) in [6.45, 7) is 7.94. The highest BCUT2D eigenvalue weighted by atomic mass is 16.2. The van der Waals surface area contributed by atoms with Gasteiger partial charge in [-0.2, -0.15) is 5.10 Å². The van der Waals surface area contributed by atoms with Crippen molar-refractivity contribution in [2.75, 3.05) is 33.2 Å². The SMILES string of the molecule is CCn1c(CC2CCNCC2)nn(CC2CCN(C)C2)c1=O. The lowest BCUT2D eigenvalue weighted by Gasteiger charge is -2.21. The third-order valence-corrected chi connectivity index (χ3v) is 5.17. The van der Waals surface area contributed by atoms with Crippen molar-refractivity contribution in [1.29, 1.82) is 0 Å². The summed E-state index contributed by atoms with van der Waals surface area (Å²) in [6, 6.07) is 0. The highest BCUT2D eigenvalue weighted by Gasteiger charge is 2.23. The zero-order valence-corrected chi connectivity index (χ0v) is 13.9. The molecule has 0 amide bonds. The van der Waals surface area contributed by atoms with E-state index in [4.69, 9.17) is 5.10 Å². The molecule has 2 aliphatic heterocycles. The Kier molecular flexibility index (Phi) is 4.98. The number of hydrogen-bond acceptors (Lipinski definition) is 4. The molecule has 2 aliphatic rings. The molecule has 0 spiro atoms. The normalized spacial score (nSPS) is 24.2. The molecule has 22 heavy (non-hydrogen) atoms. The summed E-state index contributed by atoms with van der Waals surface area (Å²) in [5.74, 6) is 2.22. The Hall–Kier alpha value is -1.14. The van der Waals surface area contributed by atoms with Crippen LogP contribution in [0.3, 0.4) is 0 Å². The Bertz CT molecular complexity index is 543. The number of piperidine rings is 1. The van der Waals surface area contributed by atoms with Crippen LogP contribution in [0, 0.1) is 11.8 Å². The van der Waals surface area contributed by atoms with Crippen LogP contribution in [-0.2, 0) is 19.5 Å². The average molecular weight is 307 g/mol. The molecule has 1 atom stereocenters. The fourth-order valence-electron chi connectivity index (χ4n) is 3.84. The van der Waals surface area contributed by atoms with Crippen LogP contribution >= 0.6 is 0 Å². The van der Waals surface area contributed by atoms with Crippen LogP contribution in [-0.4, -0.2) is 52.5 Å². The third kappa shape index (κ3) is 3.43. The molecule has 6 nitrogen and oxygen atoms in total. The molecule has 1 unspecified atom stereocenters. The molecule has 2 fully saturated rings. The first-order valence-electron chi connectivity index (χ1n) is 8.73. The van der Waals surface area contributed by atoms with Crippen LogP contribution in [0.15, 0.2) is 4.79 Å². The lowest BCUT2D eigenvalue weighted by Crippen LogP contribution is -2.30. The van der Waals surface area contributed by atoms with Gasteiger partial charge in [0.05, 0.1) is 6.54 Å². The predicted molar refractivity (Wildman–Crippen MR) is 87.1 cm³/mol. The van der Waals surface area contributed by atoms with E-state index in [1.165, 1.54) is 19.3 Å². The van der Waals surface area contributed by atoms with Gasteiger partial charge in [-0.3, -0.25) is 4.57 Å². The molecule has 0 saturated carbocycles. The third-order valence-electron chi connectivity index (χ3n) is 5.17. The number of hydrogen-bond donors (Lipinski definition) is 1. The van der Waals surface area contributed by atoms with E-state index in [1.807, 2.05) is 11.5 Å². The van der Waals surface area contributed by atoms with Crippen molar-refractivity contribution < 1.29 is 0 Å². The molecule has 1 N–H and O–H groups in total. The van der Waals surface area contributed by atoms with E-state index in [-0.39, 0.29) is 5.69 Å². The average Bonchev–Trinajstić information content (AvgIpc) is 3.05. The lowest BCUT2D eigenvalue weighted by atomic mass is 9.94. The summed E-state index contributed by atoms with van der Waals surface area (Å²) >= 11 is 0. The monoisotopic (exact) mass is 307 g/mol. The zero-order chi connectivity index (χ0) is 15.5. The Morgan fingerprint density at radius 2 is 2.00 bits per heavy atom. The van der Waals surface area contributed by atoms with E-state index in [0.29, 0.717) is 11.8 Å². The topological polar surface area (TPSA) is 55.1 Å². The van der Waals surface area contributed by atoms with E-state index >= 15 is 0 Å². The van der Waals surface area contributed by atoms with Gasteiger partial charge in [-0.05, 0) is 64.7 Å². The van der Waals surface area contributed by atoms with Gasteiger partial charge in [0.2, 0.25) is 0 Å². The van der Waals surface area contributed by atoms with Gasteiger partial charge in [-0.1, -0.05) is 0 Å². The predicted octanol–water partition coefficient (Wildman–Crippen LogP) is 0.559. The molecule has 124 valence electrons. The van der Waals surface area contributed by atoms with Gasteiger partial charge in [-0.25, -0.2) is 9.48 Å². The largest absolute Gasteiger partial charge is 0.345 e. The molecule has 1 aromatic heterocycles. The van der Waals surface area contributed by atoms with Crippen LogP contribution in [0.5, 0.6) is 0 Å².